The second-order valence-corrected chi connectivity index (χ2v) is 5.53. The van der Waals surface area contributed by atoms with Gasteiger partial charge in [0.15, 0.2) is 0 Å². The minimum Gasteiger partial charge on any atom is -0.491 e. The van der Waals surface area contributed by atoms with Gasteiger partial charge in [-0.3, -0.25) is 4.79 Å². The summed E-state index contributed by atoms with van der Waals surface area (Å²) in [5, 5.41) is 2.96. The highest BCUT2D eigenvalue weighted by Gasteiger charge is 2.10. The van der Waals surface area contributed by atoms with E-state index in [4.69, 9.17) is 16.3 Å². The molecule has 0 fully saturated rings. The maximum absolute atomic E-state index is 12.1. The molecule has 0 aliphatic heterocycles. The van der Waals surface area contributed by atoms with Crippen molar-refractivity contribution in [2.24, 2.45) is 5.92 Å². The Bertz CT molecular complexity index is 421. The van der Waals surface area contributed by atoms with Gasteiger partial charge in [-0.15, -0.1) is 11.6 Å². The summed E-state index contributed by atoms with van der Waals surface area (Å²) in [5.74, 6) is 1.73. The summed E-state index contributed by atoms with van der Waals surface area (Å²) in [5.41, 5.74) is 0.629. The van der Waals surface area contributed by atoms with E-state index in [1.54, 1.807) is 12.1 Å². The molecular weight excluding hydrogens is 274 g/mol. The predicted molar refractivity (Wildman–Crippen MR) is 83.7 cm³/mol. The highest BCUT2D eigenvalue weighted by Crippen LogP contribution is 2.15. The van der Waals surface area contributed by atoms with Crippen molar-refractivity contribution < 1.29 is 9.53 Å². The van der Waals surface area contributed by atoms with Crippen LogP contribution in [-0.2, 0) is 0 Å². The number of carbonyl (C=O) groups excluding carboxylic acids is 1. The lowest BCUT2D eigenvalue weighted by Crippen LogP contribution is -2.29. The summed E-state index contributed by atoms with van der Waals surface area (Å²) in [7, 11) is 0. The molecule has 112 valence electrons. The highest BCUT2D eigenvalue weighted by molar-refractivity contribution is 6.17. The van der Waals surface area contributed by atoms with Gasteiger partial charge < -0.3 is 10.1 Å². The number of nitrogens with one attached hydrogen (secondary N) is 1. The fourth-order valence-electron chi connectivity index (χ4n) is 1.93. The molecule has 3 nitrogen and oxygen atoms in total. The monoisotopic (exact) mass is 297 g/mol. The number of hydrogen-bond acceptors (Lipinski definition) is 2. The van der Waals surface area contributed by atoms with Gasteiger partial charge >= 0.3 is 0 Å². The Morgan fingerprint density at radius 2 is 2.15 bits per heavy atom. The van der Waals surface area contributed by atoms with Crippen molar-refractivity contribution in [1.29, 1.82) is 0 Å². The molecule has 0 heterocycles. The first-order valence-corrected chi connectivity index (χ1v) is 7.71. The van der Waals surface area contributed by atoms with Gasteiger partial charge in [-0.05, 0) is 44.4 Å². The maximum atomic E-state index is 12.1. The number of hydrogen-bond donors (Lipinski definition) is 1. The summed E-state index contributed by atoms with van der Waals surface area (Å²) < 4.78 is 5.59. The number of ether oxygens (including phenoxy) is 1. The number of rotatable bonds is 8. The van der Waals surface area contributed by atoms with Crippen molar-refractivity contribution in [2.75, 3.05) is 12.4 Å². The highest BCUT2D eigenvalue weighted by atomic mass is 35.5. The van der Waals surface area contributed by atoms with Crippen LogP contribution >= 0.6 is 11.6 Å². The molecule has 0 spiro atoms. The Morgan fingerprint density at radius 1 is 1.40 bits per heavy atom. The smallest absolute Gasteiger partial charge is 0.251 e. The molecule has 0 saturated heterocycles. The van der Waals surface area contributed by atoms with Gasteiger partial charge in [0.05, 0.1) is 6.10 Å². The number of alkyl halides is 1. The van der Waals surface area contributed by atoms with Gasteiger partial charge in [0.1, 0.15) is 5.75 Å². The lowest BCUT2D eigenvalue weighted by Gasteiger charge is -2.15. The molecule has 0 radical (unpaired) electrons. The molecule has 1 unspecified atom stereocenters. The molecule has 4 heteroatoms. The molecule has 0 saturated carbocycles. The van der Waals surface area contributed by atoms with Crippen molar-refractivity contribution >= 4 is 17.5 Å². The Kier molecular flexibility index (Phi) is 7.45. The topological polar surface area (TPSA) is 38.3 Å². The zero-order valence-corrected chi connectivity index (χ0v) is 13.2. The van der Waals surface area contributed by atoms with Gasteiger partial charge in [0.25, 0.3) is 5.91 Å². The third-order valence-electron chi connectivity index (χ3n) is 3.11. The van der Waals surface area contributed by atoms with Crippen molar-refractivity contribution in [2.45, 2.75) is 39.7 Å². The van der Waals surface area contributed by atoms with Crippen LogP contribution in [0.5, 0.6) is 5.75 Å². The molecule has 0 aliphatic rings. The van der Waals surface area contributed by atoms with Crippen LogP contribution < -0.4 is 10.1 Å². The quantitative estimate of drug-likeness (QED) is 0.740. The molecule has 1 rings (SSSR count). The second kappa shape index (κ2) is 8.85. The molecule has 1 aromatic carbocycles. The fraction of sp³-hybridized carbons (Fsp3) is 0.562. The van der Waals surface area contributed by atoms with Crippen LogP contribution in [-0.4, -0.2) is 24.4 Å². The third-order valence-corrected chi connectivity index (χ3v) is 3.33. The Labute approximate surface area is 126 Å². The van der Waals surface area contributed by atoms with Gasteiger partial charge in [0.2, 0.25) is 0 Å². The molecule has 1 aromatic rings. The molecule has 0 aliphatic carbocycles. The standard InChI is InChI=1S/C16H24ClNO2/c1-4-13(8-9-17)11-18-16(19)14-6-5-7-15(10-14)20-12(2)3/h5-7,10,12-13H,4,8-9,11H2,1-3H3,(H,18,19). The van der Waals surface area contributed by atoms with E-state index in [9.17, 15) is 4.79 Å². The molecule has 1 amide bonds. The van der Waals surface area contributed by atoms with E-state index in [1.807, 2.05) is 26.0 Å². The Hall–Kier alpha value is -1.22. The first-order chi connectivity index (χ1) is 9.56. The third kappa shape index (κ3) is 5.83. The minimum atomic E-state index is -0.0628. The number of benzene rings is 1. The summed E-state index contributed by atoms with van der Waals surface area (Å²) in [6, 6.07) is 7.27. The van der Waals surface area contributed by atoms with E-state index < -0.39 is 0 Å². The number of carbonyl (C=O) groups is 1. The van der Waals surface area contributed by atoms with Crippen LogP contribution in [0, 0.1) is 5.92 Å². The average molecular weight is 298 g/mol. The van der Waals surface area contributed by atoms with Gasteiger partial charge in [-0.2, -0.15) is 0 Å². The maximum Gasteiger partial charge on any atom is 0.251 e. The van der Waals surface area contributed by atoms with Crippen LogP contribution in [0.3, 0.4) is 0 Å². The van der Waals surface area contributed by atoms with E-state index in [1.165, 1.54) is 0 Å². The normalized spacial score (nSPS) is 12.2. The number of amides is 1. The molecule has 20 heavy (non-hydrogen) atoms. The van der Waals surface area contributed by atoms with Crippen LogP contribution in [0.4, 0.5) is 0 Å². The predicted octanol–water partition coefficient (Wildman–Crippen LogP) is 3.86. The summed E-state index contributed by atoms with van der Waals surface area (Å²) in [4.78, 5) is 12.1. The zero-order chi connectivity index (χ0) is 15.0. The first kappa shape index (κ1) is 16.8. The van der Waals surface area contributed by atoms with E-state index >= 15 is 0 Å². The number of halogens is 1. The van der Waals surface area contributed by atoms with Crippen molar-refractivity contribution in [3.05, 3.63) is 29.8 Å². The zero-order valence-electron chi connectivity index (χ0n) is 12.5. The first-order valence-electron chi connectivity index (χ1n) is 7.17. The van der Waals surface area contributed by atoms with Crippen LogP contribution in [0.1, 0.15) is 44.0 Å². The van der Waals surface area contributed by atoms with Gasteiger partial charge in [-0.25, -0.2) is 0 Å². The minimum absolute atomic E-state index is 0.0628. The summed E-state index contributed by atoms with van der Waals surface area (Å²) in [6.45, 7) is 6.70. The fourth-order valence-corrected chi connectivity index (χ4v) is 2.24. The van der Waals surface area contributed by atoms with Crippen LogP contribution in [0.15, 0.2) is 24.3 Å². The van der Waals surface area contributed by atoms with E-state index in [0.717, 1.165) is 18.6 Å². The summed E-state index contributed by atoms with van der Waals surface area (Å²) in [6.07, 6.45) is 2.04. The lowest BCUT2D eigenvalue weighted by molar-refractivity contribution is 0.0945. The molecular formula is C16H24ClNO2. The van der Waals surface area contributed by atoms with E-state index in [0.29, 0.717) is 23.9 Å². The van der Waals surface area contributed by atoms with Crippen molar-refractivity contribution in [1.82, 2.24) is 5.32 Å². The van der Waals surface area contributed by atoms with Crippen LogP contribution in [0.2, 0.25) is 0 Å². The average Bonchev–Trinajstić information content (AvgIpc) is 2.42. The van der Waals surface area contributed by atoms with E-state index in [-0.39, 0.29) is 12.0 Å². The van der Waals surface area contributed by atoms with Crippen LogP contribution in [0.25, 0.3) is 0 Å². The van der Waals surface area contributed by atoms with Crippen molar-refractivity contribution in [3.63, 3.8) is 0 Å². The Morgan fingerprint density at radius 3 is 2.75 bits per heavy atom. The summed E-state index contributed by atoms with van der Waals surface area (Å²) >= 11 is 5.75. The lowest BCUT2D eigenvalue weighted by atomic mass is 10.0. The second-order valence-electron chi connectivity index (χ2n) is 5.16. The SMILES string of the molecule is CCC(CCCl)CNC(=O)c1cccc(OC(C)C)c1. The molecule has 1 atom stereocenters. The molecule has 0 aromatic heterocycles. The molecule has 0 bridgehead atoms. The van der Waals surface area contributed by atoms with Gasteiger partial charge in [-0.1, -0.05) is 19.4 Å². The van der Waals surface area contributed by atoms with Gasteiger partial charge in [0, 0.05) is 18.0 Å². The Balaban J connectivity index is 2.58. The largest absolute Gasteiger partial charge is 0.491 e. The van der Waals surface area contributed by atoms with Crippen molar-refractivity contribution in [3.8, 4) is 5.75 Å². The van der Waals surface area contributed by atoms with E-state index in [2.05, 4.69) is 12.2 Å². The molecule has 1 N–H and O–H groups in total.